The molecule has 0 amide bonds. The summed E-state index contributed by atoms with van der Waals surface area (Å²) < 4.78 is 26.4. The maximum absolute atomic E-state index is 13.4. The first-order valence-corrected chi connectivity index (χ1v) is 7.73. The molecule has 1 aromatic carbocycles. The van der Waals surface area contributed by atoms with Gasteiger partial charge in [0.2, 0.25) is 0 Å². The zero-order valence-corrected chi connectivity index (χ0v) is 12.7. The average Bonchev–Trinajstić information content (AvgIpc) is 2.42. The van der Waals surface area contributed by atoms with Crippen LogP contribution in [0.15, 0.2) is 23.1 Å². The number of benzene rings is 1. The van der Waals surface area contributed by atoms with Crippen molar-refractivity contribution < 1.29 is 8.78 Å². The van der Waals surface area contributed by atoms with Crippen molar-refractivity contribution >= 4 is 11.8 Å². The SMILES string of the molecule is CCNC(C)(C#N)CCCCSc1cc(F)ccc1F. The van der Waals surface area contributed by atoms with Crippen LogP contribution in [0.5, 0.6) is 0 Å². The normalized spacial score (nSPS) is 13.8. The number of hydrogen-bond acceptors (Lipinski definition) is 3. The number of hydrogen-bond donors (Lipinski definition) is 1. The quantitative estimate of drug-likeness (QED) is 0.579. The third-order valence-electron chi connectivity index (χ3n) is 3.04. The topological polar surface area (TPSA) is 35.8 Å². The third-order valence-corrected chi connectivity index (χ3v) is 4.15. The first kappa shape index (κ1) is 16.9. The first-order chi connectivity index (χ1) is 9.50. The summed E-state index contributed by atoms with van der Waals surface area (Å²) in [4.78, 5) is 0.347. The minimum Gasteiger partial charge on any atom is -0.300 e. The molecular formula is C15H20F2N2S. The highest BCUT2D eigenvalue weighted by Gasteiger charge is 2.21. The average molecular weight is 298 g/mol. The van der Waals surface area contributed by atoms with Crippen molar-refractivity contribution in [1.82, 2.24) is 5.32 Å². The van der Waals surface area contributed by atoms with E-state index < -0.39 is 11.4 Å². The van der Waals surface area contributed by atoms with E-state index in [1.807, 2.05) is 13.8 Å². The van der Waals surface area contributed by atoms with Crippen LogP contribution < -0.4 is 5.32 Å². The zero-order chi connectivity index (χ0) is 15.0. The highest BCUT2D eigenvalue weighted by Crippen LogP contribution is 2.24. The van der Waals surface area contributed by atoms with E-state index in [0.717, 1.165) is 37.9 Å². The summed E-state index contributed by atoms with van der Waals surface area (Å²) in [6, 6.07) is 5.76. The molecule has 1 aromatic rings. The van der Waals surface area contributed by atoms with E-state index in [0.29, 0.717) is 10.6 Å². The second-order valence-electron chi connectivity index (χ2n) is 4.85. The number of nitrogens with one attached hydrogen (secondary N) is 1. The molecule has 0 saturated heterocycles. The molecule has 1 N–H and O–H groups in total. The van der Waals surface area contributed by atoms with Gasteiger partial charge in [-0.25, -0.2) is 8.78 Å². The maximum Gasteiger partial charge on any atom is 0.136 e. The molecule has 0 fully saturated rings. The molecule has 0 aliphatic heterocycles. The zero-order valence-electron chi connectivity index (χ0n) is 11.9. The molecule has 110 valence electrons. The summed E-state index contributed by atoms with van der Waals surface area (Å²) in [7, 11) is 0. The number of unbranched alkanes of at least 4 members (excludes halogenated alkanes) is 1. The van der Waals surface area contributed by atoms with Crippen LogP contribution in [0.1, 0.15) is 33.1 Å². The van der Waals surface area contributed by atoms with Crippen molar-refractivity contribution in [3.8, 4) is 6.07 Å². The molecule has 0 saturated carbocycles. The van der Waals surface area contributed by atoms with Crippen LogP contribution in [0.25, 0.3) is 0 Å². The van der Waals surface area contributed by atoms with Crippen LogP contribution in [0, 0.1) is 23.0 Å². The van der Waals surface area contributed by atoms with Crippen LogP contribution in [0.4, 0.5) is 8.78 Å². The van der Waals surface area contributed by atoms with Crippen LogP contribution in [0.2, 0.25) is 0 Å². The summed E-state index contributed by atoms with van der Waals surface area (Å²) in [5.41, 5.74) is -0.497. The lowest BCUT2D eigenvalue weighted by Crippen LogP contribution is -2.40. The second-order valence-corrected chi connectivity index (χ2v) is 5.99. The third kappa shape index (κ3) is 5.48. The monoisotopic (exact) mass is 298 g/mol. The lowest BCUT2D eigenvalue weighted by Gasteiger charge is -2.22. The van der Waals surface area contributed by atoms with Gasteiger partial charge >= 0.3 is 0 Å². The van der Waals surface area contributed by atoms with Gasteiger partial charge < -0.3 is 0 Å². The fourth-order valence-corrected chi connectivity index (χ4v) is 2.89. The van der Waals surface area contributed by atoms with Gasteiger partial charge in [0.05, 0.1) is 6.07 Å². The van der Waals surface area contributed by atoms with Crippen LogP contribution in [-0.2, 0) is 0 Å². The van der Waals surface area contributed by atoms with E-state index in [1.165, 1.54) is 17.8 Å². The van der Waals surface area contributed by atoms with Crippen molar-refractivity contribution in [1.29, 1.82) is 5.26 Å². The standard InChI is InChI=1S/C15H20F2N2S/c1-3-19-15(2,11-18)8-4-5-9-20-14-10-12(16)6-7-13(14)17/h6-7,10,19H,3-5,8-9H2,1-2H3. The molecule has 0 aromatic heterocycles. The van der Waals surface area contributed by atoms with Gasteiger partial charge in [-0.2, -0.15) is 5.26 Å². The van der Waals surface area contributed by atoms with Crippen LogP contribution in [-0.4, -0.2) is 17.8 Å². The van der Waals surface area contributed by atoms with Gasteiger partial charge in [-0.05, 0) is 56.7 Å². The van der Waals surface area contributed by atoms with Gasteiger partial charge in [-0.1, -0.05) is 6.92 Å². The van der Waals surface area contributed by atoms with Crippen molar-refractivity contribution in [3.63, 3.8) is 0 Å². The molecular weight excluding hydrogens is 278 g/mol. The Balaban J connectivity index is 2.32. The van der Waals surface area contributed by atoms with Gasteiger partial charge in [-0.3, -0.25) is 5.32 Å². The van der Waals surface area contributed by atoms with E-state index in [-0.39, 0.29) is 5.82 Å². The molecule has 0 spiro atoms. The summed E-state index contributed by atoms with van der Waals surface area (Å²) in [6.45, 7) is 4.61. The van der Waals surface area contributed by atoms with Gasteiger partial charge in [0.1, 0.15) is 17.2 Å². The predicted molar refractivity (Wildman–Crippen MR) is 78.6 cm³/mol. The molecule has 0 bridgehead atoms. The molecule has 0 radical (unpaired) electrons. The van der Waals surface area contributed by atoms with Crippen molar-refractivity contribution in [2.75, 3.05) is 12.3 Å². The number of rotatable bonds is 8. The Labute approximate surface area is 123 Å². The number of thioether (sulfide) groups is 1. The molecule has 5 heteroatoms. The molecule has 0 aliphatic carbocycles. The number of halogens is 2. The second kappa shape index (κ2) is 8.23. The van der Waals surface area contributed by atoms with Gasteiger partial charge in [0.25, 0.3) is 0 Å². The minimum atomic E-state index is -0.497. The fraction of sp³-hybridized carbons (Fsp3) is 0.533. The molecule has 1 unspecified atom stereocenters. The van der Waals surface area contributed by atoms with Crippen molar-refractivity contribution in [3.05, 3.63) is 29.8 Å². The Morgan fingerprint density at radius 1 is 1.35 bits per heavy atom. The summed E-state index contributed by atoms with van der Waals surface area (Å²) in [5, 5.41) is 12.3. The number of nitriles is 1. The molecule has 1 atom stereocenters. The van der Waals surface area contributed by atoms with Crippen LogP contribution >= 0.6 is 11.8 Å². The Kier molecular flexibility index (Phi) is 6.97. The fourth-order valence-electron chi connectivity index (χ4n) is 1.92. The van der Waals surface area contributed by atoms with Crippen LogP contribution in [0.3, 0.4) is 0 Å². The lowest BCUT2D eigenvalue weighted by atomic mass is 9.97. The molecule has 20 heavy (non-hydrogen) atoms. The highest BCUT2D eigenvalue weighted by molar-refractivity contribution is 7.99. The van der Waals surface area contributed by atoms with Crippen molar-refractivity contribution in [2.45, 2.75) is 43.5 Å². The first-order valence-electron chi connectivity index (χ1n) is 6.75. The summed E-state index contributed by atoms with van der Waals surface area (Å²) >= 11 is 1.31. The van der Waals surface area contributed by atoms with E-state index in [4.69, 9.17) is 5.26 Å². The molecule has 1 rings (SSSR count). The Bertz CT molecular complexity index is 473. The molecule has 2 nitrogen and oxygen atoms in total. The lowest BCUT2D eigenvalue weighted by molar-refractivity contribution is 0.415. The van der Waals surface area contributed by atoms with E-state index >= 15 is 0 Å². The van der Waals surface area contributed by atoms with Gasteiger partial charge in [-0.15, -0.1) is 11.8 Å². The van der Waals surface area contributed by atoms with Gasteiger partial charge in [0, 0.05) is 4.90 Å². The number of nitrogens with zero attached hydrogens (tertiary/aromatic N) is 1. The summed E-state index contributed by atoms with van der Waals surface area (Å²) in [5.74, 6) is -0.0856. The largest absolute Gasteiger partial charge is 0.300 e. The van der Waals surface area contributed by atoms with Crippen molar-refractivity contribution in [2.24, 2.45) is 0 Å². The predicted octanol–water partition coefficient (Wildman–Crippen LogP) is 4.12. The maximum atomic E-state index is 13.4. The Hall–Kier alpha value is -1.12. The highest BCUT2D eigenvalue weighted by atomic mass is 32.2. The smallest absolute Gasteiger partial charge is 0.136 e. The van der Waals surface area contributed by atoms with Gasteiger partial charge in [0.15, 0.2) is 0 Å². The van der Waals surface area contributed by atoms with E-state index in [9.17, 15) is 8.78 Å². The Morgan fingerprint density at radius 2 is 2.10 bits per heavy atom. The minimum absolute atomic E-state index is 0.347. The van der Waals surface area contributed by atoms with E-state index in [2.05, 4.69) is 11.4 Å². The molecule has 0 heterocycles. The molecule has 0 aliphatic rings. The summed E-state index contributed by atoms with van der Waals surface area (Å²) in [6.07, 6.45) is 2.49. The Morgan fingerprint density at radius 3 is 2.75 bits per heavy atom. The van der Waals surface area contributed by atoms with E-state index in [1.54, 1.807) is 0 Å².